The minimum absolute atomic E-state index is 0. The van der Waals surface area contributed by atoms with Crippen molar-refractivity contribution in [3.8, 4) is 0 Å². The molecular formula is C48H78CaO4. The number of aliphatic carboxylic acids is 2. The quantitative estimate of drug-likeness (QED) is 0.0526. The van der Waals surface area contributed by atoms with Gasteiger partial charge in [0.2, 0.25) is 0 Å². The molecule has 0 amide bonds. The van der Waals surface area contributed by atoms with Gasteiger partial charge in [0.05, 0.1) is 0 Å². The Bertz CT molecular complexity index is 974. The molecule has 0 fully saturated rings. The summed E-state index contributed by atoms with van der Waals surface area (Å²) in [5.41, 5.74) is 2.27. The molecule has 296 valence electrons. The molecule has 0 aliphatic heterocycles. The Morgan fingerprint density at radius 1 is 0.396 bits per heavy atom. The average Bonchev–Trinajstić information content (AvgIpc) is 3.15. The number of rotatable bonds is 34. The van der Waals surface area contributed by atoms with Gasteiger partial charge in [0.15, 0.2) is 0 Å². The van der Waals surface area contributed by atoms with Crippen molar-refractivity contribution in [1.82, 2.24) is 0 Å². The molecule has 2 atom stereocenters. The number of carbonyl (C=O) groups excluding carboxylic acids is 2. The van der Waals surface area contributed by atoms with Crippen LogP contribution >= 0.6 is 0 Å². The monoisotopic (exact) mass is 759 g/mol. The van der Waals surface area contributed by atoms with Gasteiger partial charge < -0.3 is 19.8 Å². The maximum atomic E-state index is 11.0. The second-order valence-corrected chi connectivity index (χ2v) is 15.4. The van der Waals surface area contributed by atoms with Crippen molar-refractivity contribution in [2.75, 3.05) is 0 Å². The van der Waals surface area contributed by atoms with E-state index in [0.717, 1.165) is 36.8 Å². The summed E-state index contributed by atoms with van der Waals surface area (Å²) in [7, 11) is 0. The second-order valence-electron chi connectivity index (χ2n) is 15.4. The van der Waals surface area contributed by atoms with Crippen molar-refractivity contribution in [2.24, 2.45) is 0 Å². The molecule has 0 N–H and O–H groups in total. The van der Waals surface area contributed by atoms with E-state index < -0.39 is 11.9 Å². The standard InChI is InChI=1S/2C24H40O2.Ca/c2*1-2-3-4-5-6-7-8-9-10-11-12-13-15-20-23(21-24(25)26)22-18-16-14-17-19-22;/h2*14,16-19,23H,2-13,15,20-21H2,1H3,(H,25,26);/q;;+2/p-2. The summed E-state index contributed by atoms with van der Waals surface area (Å²) in [4.78, 5) is 22.0. The summed E-state index contributed by atoms with van der Waals surface area (Å²) in [6, 6.07) is 20.1. The SMILES string of the molecule is CCCCCCCCCCCCCCCC(CC(=O)[O-])c1ccccc1.CCCCCCCCCCCCCCCC(CC(=O)[O-])c1ccccc1.[Ca+2]. The van der Waals surface area contributed by atoms with Gasteiger partial charge in [0.1, 0.15) is 0 Å². The zero-order chi connectivity index (χ0) is 37.7. The van der Waals surface area contributed by atoms with Gasteiger partial charge in [-0.1, -0.05) is 241 Å². The van der Waals surface area contributed by atoms with E-state index in [1.165, 1.54) is 154 Å². The van der Waals surface area contributed by atoms with Gasteiger partial charge in [-0.05, 0) is 48.6 Å². The van der Waals surface area contributed by atoms with E-state index in [1.807, 2.05) is 60.7 Å². The average molecular weight is 759 g/mol. The third kappa shape index (κ3) is 32.6. The van der Waals surface area contributed by atoms with Crippen LogP contribution in [0.25, 0.3) is 0 Å². The van der Waals surface area contributed by atoms with Crippen LogP contribution in [0, 0.1) is 0 Å². The van der Waals surface area contributed by atoms with Crippen molar-refractivity contribution in [2.45, 2.75) is 218 Å². The minimum Gasteiger partial charge on any atom is -0.550 e. The summed E-state index contributed by atoms with van der Waals surface area (Å²) < 4.78 is 0. The Kier molecular flexibility index (Phi) is 37.9. The van der Waals surface area contributed by atoms with Crippen LogP contribution in [0.5, 0.6) is 0 Å². The summed E-state index contributed by atoms with van der Waals surface area (Å²) in [6.45, 7) is 4.54. The normalized spacial score (nSPS) is 12.0. The maximum absolute atomic E-state index is 11.0. The van der Waals surface area contributed by atoms with Crippen molar-refractivity contribution >= 4 is 49.7 Å². The molecule has 0 aliphatic carbocycles. The van der Waals surface area contributed by atoms with Crippen LogP contribution in [0.4, 0.5) is 0 Å². The molecule has 2 aromatic rings. The molecule has 0 saturated heterocycles. The van der Waals surface area contributed by atoms with Crippen molar-refractivity contribution in [1.29, 1.82) is 0 Å². The molecule has 2 rings (SSSR count). The summed E-state index contributed by atoms with van der Waals surface area (Å²) in [5, 5.41) is 22.0. The van der Waals surface area contributed by atoms with Gasteiger partial charge in [0, 0.05) is 11.9 Å². The van der Waals surface area contributed by atoms with Gasteiger partial charge in [-0.15, -0.1) is 0 Å². The molecule has 0 bridgehead atoms. The first kappa shape index (κ1) is 51.6. The molecule has 0 aromatic heterocycles. The Hall–Kier alpha value is -1.36. The second kappa shape index (κ2) is 38.9. The van der Waals surface area contributed by atoms with E-state index in [-0.39, 0.29) is 62.4 Å². The predicted molar refractivity (Wildman–Crippen MR) is 224 cm³/mol. The van der Waals surface area contributed by atoms with Crippen LogP contribution < -0.4 is 10.2 Å². The number of carbonyl (C=O) groups is 2. The molecule has 5 heteroatoms. The molecule has 0 radical (unpaired) electrons. The summed E-state index contributed by atoms with van der Waals surface area (Å²) >= 11 is 0. The van der Waals surface area contributed by atoms with E-state index in [0.29, 0.717) is 0 Å². The summed E-state index contributed by atoms with van der Waals surface area (Å²) in [5.74, 6) is -1.66. The van der Waals surface area contributed by atoms with Crippen LogP contribution in [0.2, 0.25) is 0 Å². The van der Waals surface area contributed by atoms with Gasteiger partial charge in [0.25, 0.3) is 0 Å². The van der Waals surface area contributed by atoms with Gasteiger partial charge in [-0.25, -0.2) is 0 Å². The third-order valence-electron chi connectivity index (χ3n) is 10.7. The number of benzene rings is 2. The van der Waals surface area contributed by atoms with Crippen molar-refractivity contribution in [3.63, 3.8) is 0 Å². The predicted octanol–water partition coefficient (Wildman–Crippen LogP) is 12.4. The number of hydrogen-bond acceptors (Lipinski definition) is 4. The Morgan fingerprint density at radius 3 is 0.849 bits per heavy atom. The van der Waals surface area contributed by atoms with Gasteiger partial charge in [-0.3, -0.25) is 0 Å². The molecule has 0 spiro atoms. The molecule has 2 unspecified atom stereocenters. The van der Waals surface area contributed by atoms with Crippen LogP contribution in [0.15, 0.2) is 60.7 Å². The van der Waals surface area contributed by atoms with Crippen molar-refractivity contribution < 1.29 is 19.8 Å². The molecule has 0 saturated carbocycles. The van der Waals surface area contributed by atoms with E-state index in [4.69, 9.17) is 0 Å². The number of hydrogen-bond donors (Lipinski definition) is 0. The van der Waals surface area contributed by atoms with Crippen LogP contribution in [0.3, 0.4) is 0 Å². The van der Waals surface area contributed by atoms with E-state index in [9.17, 15) is 19.8 Å². The third-order valence-corrected chi connectivity index (χ3v) is 10.7. The Morgan fingerprint density at radius 2 is 0.623 bits per heavy atom. The molecular weight excluding hydrogens is 681 g/mol. The fourth-order valence-corrected chi connectivity index (χ4v) is 7.44. The van der Waals surface area contributed by atoms with Crippen LogP contribution in [-0.2, 0) is 9.59 Å². The molecule has 4 nitrogen and oxygen atoms in total. The smallest absolute Gasteiger partial charge is 0.550 e. The first-order valence-corrected chi connectivity index (χ1v) is 22.0. The number of unbranched alkanes of at least 4 members (excludes halogenated alkanes) is 24. The zero-order valence-corrected chi connectivity index (χ0v) is 36.7. The largest absolute Gasteiger partial charge is 2.00 e. The zero-order valence-electron chi connectivity index (χ0n) is 34.5. The van der Waals surface area contributed by atoms with Gasteiger partial charge in [-0.2, -0.15) is 0 Å². The maximum Gasteiger partial charge on any atom is 2.00 e. The van der Waals surface area contributed by atoms with Crippen LogP contribution in [0.1, 0.15) is 229 Å². The molecule has 0 aliphatic rings. The number of carboxylic acids is 2. The first-order valence-electron chi connectivity index (χ1n) is 22.0. The minimum atomic E-state index is -0.937. The summed E-state index contributed by atoms with van der Waals surface area (Å²) in [6.07, 6.45) is 37.1. The molecule has 0 heterocycles. The Balaban J connectivity index is 0.00000100. The van der Waals surface area contributed by atoms with E-state index in [1.54, 1.807) is 0 Å². The topological polar surface area (TPSA) is 80.3 Å². The Labute approximate surface area is 357 Å². The van der Waals surface area contributed by atoms with Crippen LogP contribution in [-0.4, -0.2) is 49.7 Å². The van der Waals surface area contributed by atoms with Gasteiger partial charge >= 0.3 is 37.7 Å². The first-order chi connectivity index (χ1) is 25.5. The number of carboxylic acid groups (broad SMARTS) is 2. The molecule has 53 heavy (non-hydrogen) atoms. The fraction of sp³-hybridized carbons (Fsp3) is 0.708. The van der Waals surface area contributed by atoms with E-state index in [2.05, 4.69) is 13.8 Å². The van der Waals surface area contributed by atoms with Crippen molar-refractivity contribution in [3.05, 3.63) is 71.8 Å². The fourth-order valence-electron chi connectivity index (χ4n) is 7.44. The van der Waals surface area contributed by atoms with E-state index >= 15 is 0 Å². The molecule has 2 aromatic carbocycles.